The molecule has 2 aliphatic heterocycles. The van der Waals surface area contributed by atoms with Gasteiger partial charge in [-0.2, -0.15) is 10.1 Å². The van der Waals surface area contributed by atoms with Gasteiger partial charge in [0.05, 0.1) is 36.9 Å². The number of benzene rings is 1. The van der Waals surface area contributed by atoms with Crippen LogP contribution in [0.3, 0.4) is 0 Å². The van der Waals surface area contributed by atoms with Crippen LogP contribution in [0.15, 0.2) is 41.2 Å². The van der Waals surface area contributed by atoms with Crippen LogP contribution in [0.5, 0.6) is 0 Å². The number of aromatic nitrogens is 5. The summed E-state index contributed by atoms with van der Waals surface area (Å²) in [5.41, 5.74) is 2.47. The second-order valence-electron chi connectivity index (χ2n) is 8.87. The van der Waals surface area contributed by atoms with Crippen molar-refractivity contribution in [1.82, 2.24) is 24.7 Å². The number of carbonyl (C=O) groups excluding carboxylic acids is 1. The summed E-state index contributed by atoms with van der Waals surface area (Å²) in [6.45, 7) is 2.59. The minimum absolute atomic E-state index is 0.0259. The number of fused-ring (bicyclic) bond motifs is 1. The van der Waals surface area contributed by atoms with Gasteiger partial charge in [0.15, 0.2) is 17.1 Å². The number of esters is 1. The number of halogens is 1. The molecule has 2 saturated heterocycles. The van der Waals surface area contributed by atoms with Gasteiger partial charge in [0, 0.05) is 44.5 Å². The van der Waals surface area contributed by atoms with Crippen LogP contribution in [0.4, 0.5) is 21.9 Å². The van der Waals surface area contributed by atoms with E-state index in [0.29, 0.717) is 47.4 Å². The standard InChI is InChI=1S/C24H24FN7O4/c1-34-23(33)21-22(28-16-9-27-32(13-16)17-4-6-35-7-5-17)26-10-19(29-21)14-11-31(12-14)24-30-18-3-2-15(25)8-20(18)36-24/h2-3,8-10,13-14,17H,4-7,11-12H2,1H3,(H,26,28). The van der Waals surface area contributed by atoms with Gasteiger partial charge < -0.3 is 24.1 Å². The summed E-state index contributed by atoms with van der Waals surface area (Å²) >= 11 is 0. The molecule has 0 aliphatic carbocycles. The third-order valence-corrected chi connectivity index (χ3v) is 6.51. The fraction of sp³-hybridized carbons (Fsp3) is 0.375. The Morgan fingerprint density at radius 1 is 1.19 bits per heavy atom. The fourth-order valence-electron chi connectivity index (χ4n) is 4.46. The van der Waals surface area contributed by atoms with Crippen molar-refractivity contribution in [3.05, 3.63) is 54.0 Å². The lowest BCUT2D eigenvalue weighted by Gasteiger charge is -2.37. The van der Waals surface area contributed by atoms with E-state index in [4.69, 9.17) is 13.9 Å². The second kappa shape index (κ2) is 9.19. The number of carbonyl (C=O) groups is 1. The normalized spacial score (nSPS) is 16.8. The molecule has 0 amide bonds. The molecule has 3 aromatic heterocycles. The molecule has 2 aliphatic rings. The van der Waals surface area contributed by atoms with Crippen molar-refractivity contribution in [3.8, 4) is 0 Å². The van der Waals surface area contributed by atoms with E-state index in [-0.39, 0.29) is 23.5 Å². The van der Waals surface area contributed by atoms with Crippen LogP contribution in [0, 0.1) is 5.82 Å². The Morgan fingerprint density at radius 3 is 2.83 bits per heavy atom. The first kappa shape index (κ1) is 22.4. The van der Waals surface area contributed by atoms with Gasteiger partial charge in [-0.05, 0) is 25.0 Å². The van der Waals surface area contributed by atoms with Gasteiger partial charge in [-0.3, -0.25) is 4.68 Å². The molecular formula is C24H24FN7O4. The van der Waals surface area contributed by atoms with E-state index < -0.39 is 5.97 Å². The first-order chi connectivity index (χ1) is 17.6. The number of oxazole rings is 1. The molecule has 1 aromatic carbocycles. The summed E-state index contributed by atoms with van der Waals surface area (Å²) in [4.78, 5) is 27.9. The number of rotatable bonds is 6. The average Bonchev–Trinajstić information content (AvgIpc) is 3.50. The van der Waals surface area contributed by atoms with E-state index in [1.165, 1.54) is 19.2 Å². The van der Waals surface area contributed by atoms with Crippen molar-refractivity contribution in [2.24, 2.45) is 0 Å². The molecule has 0 spiro atoms. The van der Waals surface area contributed by atoms with E-state index in [2.05, 4.69) is 25.4 Å². The minimum atomic E-state index is -0.583. The number of hydrogen-bond acceptors (Lipinski definition) is 10. The minimum Gasteiger partial charge on any atom is -0.464 e. The molecule has 186 valence electrons. The number of nitrogens with zero attached hydrogens (tertiary/aromatic N) is 6. The van der Waals surface area contributed by atoms with Crippen molar-refractivity contribution >= 4 is 34.6 Å². The lowest BCUT2D eigenvalue weighted by atomic mass is 9.97. The molecule has 1 N–H and O–H groups in total. The SMILES string of the molecule is COC(=O)c1nc(C2CN(c3nc4ccc(F)cc4o3)C2)cnc1Nc1cnn(C2CCOCC2)c1. The van der Waals surface area contributed by atoms with E-state index >= 15 is 0 Å². The van der Waals surface area contributed by atoms with Crippen LogP contribution >= 0.6 is 0 Å². The maximum atomic E-state index is 13.4. The van der Waals surface area contributed by atoms with Crippen LogP contribution in [0.1, 0.15) is 41.0 Å². The Labute approximate surface area is 205 Å². The molecule has 12 heteroatoms. The van der Waals surface area contributed by atoms with Crippen molar-refractivity contribution in [1.29, 1.82) is 0 Å². The molecule has 2 fully saturated rings. The van der Waals surface area contributed by atoms with Crippen molar-refractivity contribution in [2.75, 3.05) is 43.6 Å². The zero-order chi connectivity index (χ0) is 24.6. The van der Waals surface area contributed by atoms with Crippen LogP contribution in [0.25, 0.3) is 11.1 Å². The fourth-order valence-corrected chi connectivity index (χ4v) is 4.46. The van der Waals surface area contributed by atoms with Crippen LogP contribution in [-0.4, -0.2) is 64.1 Å². The molecule has 0 saturated carbocycles. The average molecular weight is 493 g/mol. The zero-order valence-electron chi connectivity index (χ0n) is 19.6. The Bertz CT molecular complexity index is 1410. The van der Waals surface area contributed by atoms with E-state index in [0.717, 1.165) is 26.1 Å². The highest BCUT2D eigenvalue weighted by atomic mass is 19.1. The topological polar surface area (TPSA) is 120 Å². The van der Waals surface area contributed by atoms with Crippen molar-refractivity contribution < 1.29 is 23.1 Å². The van der Waals surface area contributed by atoms with Gasteiger partial charge in [-0.25, -0.2) is 19.2 Å². The number of nitrogens with one attached hydrogen (secondary N) is 1. The number of hydrogen-bond donors (Lipinski definition) is 1. The quantitative estimate of drug-likeness (QED) is 0.400. The third kappa shape index (κ3) is 4.24. The summed E-state index contributed by atoms with van der Waals surface area (Å²) < 4.78 is 31.4. The van der Waals surface area contributed by atoms with Crippen LogP contribution < -0.4 is 10.2 Å². The first-order valence-corrected chi connectivity index (χ1v) is 11.7. The maximum absolute atomic E-state index is 13.4. The molecule has 6 rings (SSSR count). The predicted molar refractivity (Wildman–Crippen MR) is 127 cm³/mol. The smallest absolute Gasteiger partial charge is 0.360 e. The lowest BCUT2D eigenvalue weighted by Crippen LogP contribution is -2.45. The Kier molecular flexibility index (Phi) is 5.72. The Hall–Kier alpha value is -4.06. The molecule has 0 unspecified atom stereocenters. The van der Waals surface area contributed by atoms with Gasteiger partial charge in [-0.15, -0.1) is 0 Å². The van der Waals surface area contributed by atoms with Crippen LogP contribution in [-0.2, 0) is 9.47 Å². The number of anilines is 3. The van der Waals surface area contributed by atoms with Gasteiger partial charge >= 0.3 is 5.97 Å². The highest BCUT2D eigenvalue weighted by Gasteiger charge is 2.34. The van der Waals surface area contributed by atoms with Gasteiger partial charge in [0.2, 0.25) is 0 Å². The summed E-state index contributed by atoms with van der Waals surface area (Å²) in [7, 11) is 1.31. The first-order valence-electron chi connectivity index (χ1n) is 11.7. The van der Waals surface area contributed by atoms with Gasteiger partial charge in [0.1, 0.15) is 11.3 Å². The Morgan fingerprint density at radius 2 is 2.03 bits per heavy atom. The second-order valence-corrected chi connectivity index (χ2v) is 8.87. The molecule has 4 aromatic rings. The van der Waals surface area contributed by atoms with E-state index in [1.54, 1.807) is 18.5 Å². The van der Waals surface area contributed by atoms with Crippen molar-refractivity contribution in [2.45, 2.75) is 24.8 Å². The molecule has 0 bridgehead atoms. The van der Waals surface area contributed by atoms with E-state index in [1.807, 2.05) is 15.8 Å². The van der Waals surface area contributed by atoms with Crippen LogP contribution in [0.2, 0.25) is 0 Å². The van der Waals surface area contributed by atoms with Gasteiger partial charge in [-0.1, -0.05) is 0 Å². The highest BCUT2D eigenvalue weighted by molar-refractivity contribution is 5.93. The third-order valence-electron chi connectivity index (χ3n) is 6.51. The summed E-state index contributed by atoms with van der Waals surface area (Å²) in [5, 5.41) is 7.60. The highest BCUT2D eigenvalue weighted by Crippen LogP contribution is 2.33. The summed E-state index contributed by atoms with van der Waals surface area (Å²) in [6, 6.07) is 4.96. The predicted octanol–water partition coefficient (Wildman–Crippen LogP) is 3.44. The number of ether oxygens (including phenoxy) is 2. The summed E-state index contributed by atoms with van der Waals surface area (Å²) in [6.07, 6.45) is 7.05. The monoisotopic (exact) mass is 493 g/mol. The van der Waals surface area contributed by atoms with E-state index in [9.17, 15) is 9.18 Å². The maximum Gasteiger partial charge on any atom is 0.360 e. The lowest BCUT2D eigenvalue weighted by molar-refractivity contribution is 0.0594. The molecule has 11 nitrogen and oxygen atoms in total. The molecule has 0 atom stereocenters. The molecule has 0 radical (unpaired) electrons. The molecular weight excluding hydrogens is 469 g/mol. The largest absolute Gasteiger partial charge is 0.464 e. The van der Waals surface area contributed by atoms with Crippen molar-refractivity contribution in [3.63, 3.8) is 0 Å². The molecule has 5 heterocycles. The van der Waals surface area contributed by atoms with Gasteiger partial charge in [0.25, 0.3) is 6.01 Å². The molecule has 36 heavy (non-hydrogen) atoms. The Balaban J connectivity index is 1.17. The number of methoxy groups -OCH3 is 1. The summed E-state index contributed by atoms with van der Waals surface area (Å²) in [5.74, 6) is -0.630. The zero-order valence-corrected chi connectivity index (χ0v) is 19.6.